The summed E-state index contributed by atoms with van der Waals surface area (Å²) in [4.78, 5) is 26.0. The fourth-order valence-electron chi connectivity index (χ4n) is 3.51. The highest BCUT2D eigenvalue weighted by Gasteiger charge is 2.41. The van der Waals surface area contributed by atoms with E-state index in [0.29, 0.717) is 56.3 Å². The molecule has 2 saturated heterocycles. The van der Waals surface area contributed by atoms with Crippen molar-refractivity contribution in [3.8, 4) is 11.5 Å². The average molecular weight is 332 g/mol. The standard InChI is InChI=1S/C17H20N2O5/c20-15(12-2-3-13-14(10-12)23-9-8-22-13)19-6-1-4-17(5-7-19)11-18-16(21)24-17/h2-3,10H,1,4-9,11H2,(H,18,21)/t17-/m1/s1. The normalized spacial score (nSPS) is 25.8. The number of rotatable bonds is 1. The number of hydrogen-bond acceptors (Lipinski definition) is 5. The fourth-order valence-corrected chi connectivity index (χ4v) is 3.51. The Morgan fingerprint density at radius 3 is 2.75 bits per heavy atom. The third-order valence-corrected chi connectivity index (χ3v) is 4.84. The summed E-state index contributed by atoms with van der Waals surface area (Å²) in [6, 6.07) is 5.30. The van der Waals surface area contributed by atoms with Crippen LogP contribution in [0.15, 0.2) is 18.2 Å². The summed E-state index contributed by atoms with van der Waals surface area (Å²) in [6.07, 6.45) is 1.88. The third-order valence-electron chi connectivity index (χ3n) is 4.84. The van der Waals surface area contributed by atoms with Crippen molar-refractivity contribution in [2.45, 2.75) is 24.9 Å². The predicted molar refractivity (Wildman–Crippen MR) is 84.4 cm³/mol. The molecule has 7 nitrogen and oxygen atoms in total. The first kappa shape index (κ1) is 15.1. The highest BCUT2D eigenvalue weighted by Crippen LogP contribution is 2.33. The summed E-state index contributed by atoms with van der Waals surface area (Å²) >= 11 is 0. The molecule has 1 spiro atoms. The van der Waals surface area contributed by atoms with Crippen LogP contribution in [0.4, 0.5) is 4.79 Å². The summed E-state index contributed by atoms with van der Waals surface area (Å²) in [5.41, 5.74) is 0.135. The van der Waals surface area contributed by atoms with Crippen molar-refractivity contribution >= 4 is 12.0 Å². The zero-order chi connectivity index (χ0) is 16.6. The first-order chi connectivity index (χ1) is 11.7. The SMILES string of the molecule is O=C1NC[C@]2(CCCN(C(=O)c3ccc4c(c3)OCCO4)CC2)O1. The molecule has 0 unspecified atom stereocenters. The molecule has 0 aliphatic carbocycles. The lowest BCUT2D eigenvalue weighted by Crippen LogP contribution is -2.36. The minimum Gasteiger partial charge on any atom is -0.486 e. The molecule has 1 atom stereocenters. The summed E-state index contributed by atoms with van der Waals surface area (Å²) in [6.45, 7) is 2.78. The Kier molecular flexibility index (Phi) is 3.70. The van der Waals surface area contributed by atoms with Gasteiger partial charge in [0.1, 0.15) is 18.8 Å². The zero-order valence-electron chi connectivity index (χ0n) is 13.4. The summed E-state index contributed by atoms with van der Waals surface area (Å²) in [5, 5.41) is 2.72. The molecule has 1 aromatic rings. The van der Waals surface area contributed by atoms with E-state index in [2.05, 4.69) is 5.32 Å². The van der Waals surface area contributed by atoms with Crippen LogP contribution in [0.2, 0.25) is 0 Å². The van der Waals surface area contributed by atoms with E-state index in [4.69, 9.17) is 14.2 Å². The van der Waals surface area contributed by atoms with Crippen molar-refractivity contribution in [3.05, 3.63) is 23.8 Å². The lowest BCUT2D eigenvalue weighted by atomic mass is 9.95. The van der Waals surface area contributed by atoms with Crippen LogP contribution in [-0.2, 0) is 4.74 Å². The predicted octanol–water partition coefficient (Wildman–Crippen LogP) is 1.56. The van der Waals surface area contributed by atoms with E-state index >= 15 is 0 Å². The van der Waals surface area contributed by atoms with Gasteiger partial charge in [0.25, 0.3) is 5.91 Å². The number of hydrogen-bond donors (Lipinski definition) is 1. The van der Waals surface area contributed by atoms with E-state index in [9.17, 15) is 9.59 Å². The Bertz CT molecular complexity index is 677. The molecular formula is C17H20N2O5. The monoisotopic (exact) mass is 332 g/mol. The molecule has 0 saturated carbocycles. The number of carbonyl (C=O) groups is 2. The molecule has 3 aliphatic rings. The maximum Gasteiger partial charge on any atom is 0.407 e. The lowest BCUT2D eigenvalue weighted by Gasteiger charge is -2.25. The second-order valence-electron chi connectivity index (χ2n) is 6.43. The Morgan fingerprint density at radius 2 is 1.96 bits per heavy atom. The van der Waals surface area contributed by atoms with Crippen LogP contribution in [0.1, 0.15) is 29.6 Å². The van der Waals surface area contributed by atoms with Crippen LogP contribution in [0.3, 0.4) is 0 Å². The number of nitrogens with zero attached hydrogens (tertiary/aromatic N) is 1. The van der Waals surface area contributed by atoms with Gasteiger partial charge in [0.15, 0.2) is 11.5 Å². The third kappa shape index (κ3) is 2.74. The molecule has 1 N–H and O–H groups in total. The van der Waals surface area contributed by atoms with E-state index in [-0.39, 0.29) is 12.0 Å². The van der Waals surface area contributed by atoms with E-state index in [1.54, 1.807) is 18.2 Å². The highest BCUT2D eigenvalue weighted by atomic mass is 16.6. The van der Waals surface area contributed by atoms with Crippen LogP contribution >= 0.6 is 0 Å². The van der Waals surface area contributed by atoms with Gasteiger partial charge < -0.3 is 24.4 Å². The minimum atomic E-state index is -0.459. The van der Waals surface area contributed by atoms with Gasteiger partial charge >= 0.3 is 6.09 Å². The first-order valence-corrected chi connectivity index (χ1v) is 8.31. The maximum absolute atomic E-state index is 12.8. The van der Waals surface area contributed by atoms with Gasteiger partial charge in [-0.15, -0.1) is 0 Å². The molecule has 3 aliphatic heterocycles. The molecule has 3 heterocycles. The van der Waals surface area contributed by atoms with E-state index < -0.39 is 5.60 Å². The molecule has 0 radical (unpaired) electrons. The first-order valence-electron chi connectivity index (χ1n) is 8.31. The summed E-state index contributed by atoms with van der Waals surface area (Å²) in [7, 11) is 0. The van der Waals surface area contributed by atoms with Crippen molar-refractivity contribution in [1.29, 1.82) is 0 Å². The average Bonchev–Trinajstić information content (AvgIpc) is 2.85. The Hall–Kier alpha value is -2.44. The number of fused-ring (bicyclic) bond motifs is 1. The molecule has 24 heavy (non-hydrogen) atoms. The number of nitrogens with one attached hydrogen (secondary N) is 1. The molecule has 2 amide bonds. The van der Waals surface area contributed by atoms with Crippen LogP contribution in [0.25, 0.3) is 0 Å². The Labute approximate surface area is 139 Å². The van der Waals surface area contributed by atoms with Crippen molar-refractivity contribution < 1.29 is 23.8 Å². The smallest absolute Gasteiger partial charge is 0.407 e. The lowest BCUT2D eigenvalue weighted by molar-refractivity contribution is 0.0438. The number of amides is 2. The van der Waals surface area contributed by atoms with Crippen LogP contribution in [0, 0.1) is 0 Å². The molecule has 2 fully saturated rings. The van der Waals surface area contributed by atoms with Crippen molar-refractivity contribution in [1.82, 2.24) is 10.2 Å². The van der Waals surface area contributed by atoms with Gasteiger partial charge in [-0.05, 0) is 31.0 Å². The van der Waals surface area contributed by atoms with Gasteiger partial charge in [0, 0.05) is 25.1 Å². The van der Waals surface area contributed by atoms with E-state index in [1.807, 2.05) is 4.90 Å². The molecule has 1 aromatic carbocycles. The molecule has 0 bridgehead atoms. The van der Waals surface area contributed by atoms with Crippen LogP contribution in [-0.4, -0.2) is 55.3 Å². The van der Waals surface area contributed by atoms with Crippen LogP contribution < -0.4 is 14.8 Å². The molecule has 0 aromatic heterocycles. The van der Waals surface area contributed by atoms with E-state index in [1.165, 1.54) is 0 Å². The van der Waals surface area contributed by atoms with Crippen molar-refractivity contribution in [2.24, 2.45) is 0 Å². The number of ether oxygens (including phenoxy) is 3. The number of benzene rings is 1. The molecule has 128 valence electrons. The van der Waals surface area contributed by atoms with Gasteiger partial charge in [-0.3, -0.25) is 4.79 Å². The topological polar surface area (TPSA) is 77.1 Å². The quantitative estimate of drug-likeness (QED) is 0.844. The van der Waals surface area contributed by atoms with E-state index in [0.717, 1.165) is 12.8 Å². The number of likely N-dealkylation sites (tertiary alicyclic amines) is 1. The Morgan fingerprint density at radius 1 is 1.12 bits per heavy atom. The Balaban J connectivity index is 1.47. The van der Waals surface area contributed by atoms with Crippen molar-refractivity contribution in [3.63, 3.8) is 0 Å². The fraction of sp³-hybridized carbons (Fsp3) is 0.529. The van der Waals surface area contributed by atoms with Crippen molar-refractivity contribution in [2.75, 3.05) is 32.8 Å². The minimum absolute atomic E-state index is 0.0266. The number of alkyl carbamates (subject to hydrolysis) is 1. The number of carbonyl (C=O) groups excluding carboxylic acids is 2. The molecule has 7 heteroatoms. The van der Waals surface area contributed by atoms with Crippen LogP contribution in [0.5, 0.6) is 11.5 Å². The van der Waals surface area contributed by atoms with Gasteiger partial charge in [-0.25, -0.2) is 4.79 Å². The van der Waals surface area contributed by atoms with Gasteiger partial charge in [0.2, 0.25) is 0 Å². The highest BCUT2D eigenvalue weighted by molar-refractivity contribution is 5.95. The zero-order valence-corrected chi connectivity index (χ0v) is 13.4. The maximum atomic E-state index is 12.8. The van der Waals surface area contributed by atoms with Gasteiger partial charge in [0.05, 0.1) is 6.54 Å². The largest absolute Gasteiger partial charge is 0.486 e. The summed E-state index contributed by atoms with van der Waals surface area (Å²) < 4.78 is 16.5. The second kappa shape index (κ2) is 5.89. The second-order valence-corrected chi connectivity index (χ2v) is 6.43. The molecule has 4 rings (SSSR count). The summed E-state index contributed by atoms with van der Waals surface area (Å²) in [5.74, 6) is 1.27. The van der Waals surface area contributed by atoms with Gasteiger partial charge in [-0.1, -0.05) is 0 Å². The van der Waals surface area contributed by atoms with Gasteiger partial charge in [-0.2, -0.15) is 0 Å². The molecular weight excluding hydrogens is 312 g/mol.